The topological polar surface area (TPSA) is 38.3 Å². The van der Waals surface area contributed by atoms with E-state index in [9.17, 15) is 4.79 Å². The number of carbonyl (C=O) groups excluding carboxylic acids is 1. The minimum Gasteiger partial charge on any atom is -0.483 e. The molecule has 4 heteroatoms. The van der Waals surface area contributed by atoms with Crippen LogP contribution in [0.5, 0.6) is 5.75 Å². The van der Waals surface area contributed by atoms with Crippen LogP contribution < -0.4 is 10.1 Å². The van der Waals surface area contributed by atoms with Crippen molar-refractivity contribution in [2.45, 2.75) is 34.6 Å². The lowest BCUT2D eigenvalue weighted by Crippen LogP contribution is -2.21. The van der Waals surface area contributed by atoms with E-state index in [1.807, 2.05) is 52.8 Å². The van der Waals surface area contributed by atoms with Crippen molar-refractivity contribution in [1.29, 1.82) is 0 Å². The fraction of sp³-hybridized carbons (Fsp3) is 0.316. The van der Waals surface area contributed by atoms with E-state index < -0.39 is 0 Å². The summed E-state index contributed by atoms with van der Waals surface area (Å²) >= 11 is 6.21. The van der Waals surface area contributed by atoms with Crippen molar-refractivity contribution < 1.29 is 9.53 Å². The number of carbonyl (C=O) groups is 1. The number of hydrogen-bond donors (Lipinski definition) is 1. The van der Waals surface area contributed by atoms with Gasteiger partial charge in [-0.3, -0.25) is 4.79 Å². The van der Waals surface area contributed by atoms with Gasteiger partial charge in [-0.1, -0.05) is 23.7 Å². The smallest absolute Gasteiger partial charge is 0.262 e. The van der Waals surface area contributed by atoms with E-state index in [2.05, 4.69) is 11.4 Å². The van der Waals surface area contributed by atoms with Crippen LogP contribution in [0, 0.1) is 34.6 Å². The van der Waals surface area contributed by atoms with Gasteiger partial charge in [0.2, 0.25) is 0 Å². The number of rotatable bonds is 4. The lowest BCUT2D eigenvalue weighted by molar-refractivity contribution is -0.118. The summed E-state index contributed by atoms with van der Waals surface area (Å²) in [5.41, 5.74) is 5.95. The zero-order valence-electron chi connectivity index (χ0n) is 14.2. The highest BCUT2D eigenvalue weighted by atomic mass is 35.5. The molecule has 0 heterocycles. The molecule has 3 nitrogen and oxygen atoms in total. The summed E-state index contributed by atoms with van der Waals surface area (Å²) in [5, 5.41) is 3.37. The first-order valence-corrected chi connectivity index (χ1v) is 7.93. The van der Waals surface area contributed by atoms with Crippen molar-refractivity contribution >= 4 is 23.2 Å². The number of ether oxygens (including phenoxy) is 1. The highest BCUT2D eigenvalue weighted by molar-refractivity contribution is 6.34. The molecule has 0 saturated heterocycles. The van der Waals surface area contributed by atoms with Crippen LogP contribution >= 0.6 is 11.6 Å². The fourth-order valence-corrected chi connectivity index (χ4v) is 2.91. The second-order valence-electron chi connectivity index (χ2n) is 5.98. The summed E-state index contributed by atoms with van der Waals surface area (Å²) in [6.45, 7) is 9.87. The van der Waals surface area contributed by atoms with Crippen molar-refractivity contribution in [1.82, 2.24) is 0 Å². The summed E-state index contributed by atoms with van der Waals surface area (Å²) in [7, 11) is 0. The van der Waals surface area contributed by atoms with Gasteiger partial charge in [-0.05, 0) is 74.6 Å². The summed E-state index contributed by atoms with van der Waals surface area (Å²) < 4.78 is 5.68. The van der Waals surface area contributed by atoms with Gasteiger partial charge in [-0.2, -0.15) is 0 Å². The second kappa shape index (κ2) is 7.05. The Labute approximate surface area is 142 Å². The zero-order valence-corrected chi connectivity index (χ0v) is 15.0. The average molecular weight is 332 g/mol. The van der Waals surface area contributed by atoms with E-state index in [0.717, 1.165) is 33.6 Å². The molecule has 2 aromatic carbocycles. The molecule has 0 saturated carbocycles. The first-order chi connectivity index (χ1) is 10.8. The molecule has 0 bridgehead atoms. The minimum atomic E-state index is -0.225. The third-order valence-electron chi connectivity index (χ3n) is 3.82. The van der Waals surface area contributed by atoms with Crippen LogP contribution in [-0.4, -0.2) is 12.5 Å². The van der Waals surface area contributed by atoms with Gasteiger partial charge in [0.05, 0.1) is 10.7 Å². The molecule has 2 aromatic rings. The number of benzene rings is 2. The van der Waals surface area contributed by atoms with Gasteiger partial charge < -0.3 is 10.1 Å². The molecule has 0 aliphatic heterocycles. The zero-order chi connectivity index (χ0) is 17.1. The number of anilines is 1. The fourth-order valence-electron chi connectivity index (χ4n) is 2.54. The van der Waals surface area contributed by atoms with E-state index in [4.69, 9.17) is 16.3 Å². The highest BCUT2D eigenvalue weighted by Crippen LogP contribution is 2.27. The molecule has 0 aromatic heterocycles. The van der Waals surface area contributed by atoms with Crippen LogP contribution in [0.4, 0.5) is 5.69 Å². The van der Waals surface area contributed by atoms with Gasteiger partial charge in [-0.25, -0.2) is 0 Å². The molecule has 0 fully saturated rings. The van der Waals surface area contributed by atoms with Gasteiger partial charge in [0.15, 0.2) is 6.61 Å². The number of halogens is 1. The standard InChI is InChI=1S/C19H22ClNO2/c1-11-7-14(4)19(16(20)8-11)21-18(22)10-23-17-9-12(2)6-13(3)15(17)5/h6-9H,10H2,1-5H3,(H,21,22). The van der Waals surface area contributed by atoms with Gasteiger partial charge in [-0.15, -0.1) is 0 Å². The van der Waals surface area contributed by atoms with Crippen LogP contribution in [-0.2, 0) is 4.79 Å². The SMILES string of the molecule is Cc1cc(C)c(NC(=O)COc2cc(C)cc(C)c2C)c(Cl)c1. The van der Waals surface area contributed by atoms with Crippen LogP contribution in [0.2, 0.25) is 5.02 Å². The predicted molar refractivity (Wildman–Crippen MR) is 95.7 cm³/mol. The maximum atomic E-state index is 12.2. The summed E-state index contributed by atoms with van der Waals surface area (Å²) in [5.74, 6) is 0.516. The predicted octanol–water partition coefficient (Wildman–Crippen LogP) is 4.90. The number of hydrogen-bond acceptors (Lipinski definition) is 2. The second-order valence-corrected chi connectivity index (χ2v) is 6.39. The van der Waals surface area contributed by atoms with E-state index in [1.54, 1.807) is 0 Å². The Kier molecular flexibility index (Phi) is 5.32. The van der Waals surface area contributed by atoms with Crippen LogP contribution in [0.25, 0.3) is 0 Å². The molecule has 0 unspecified atom stereocenters. The van der Waals surface area contributed by atoms with E-state index in [0.29, 0.717) is 10.7 Å². The maximum Gasteiger partial charge on any atom is 0.262 e. The summed E-state index contributed by atoms with van der Waals surface area (Å²) in [6, 6.07) is 7.85. The summed E-state index contributed by atoms with van der Waals surface area (Å²) in [6.07, 6.45) is 0. The van der Waals surface area contributed by atoms with Crippen molar-refractivity contribution in [2.24, 2.45) is 0 Å². The van der Waals surface area contributed by atoms with Crippen molar-refractivity contribution in [2.75, 3.05) is 11.9 Å². The van der Waals surface area contributed by atoms with E-state index in [-0.39, 0.29) is 12.5 Å². The van der Waals surface area contributed by atoms with E-state index >= 15 is 0 Å². The number of amides is 1. The minimum absolute atomic E-state index is 0.0482. The van der Waals surface area contributed by atoms with Crippen LogP contribution in [0.1, 0.15) is 27.8 Å². The van der Waals surface area contributed by atoms with Gasteiger partial charge in [0.1, 0.15) is 5.75 Å². The Hall–Kier alpha value is -2.00. The van der Waals surface area contributed by atoms with Crippen LogP contribution in [0.3, 0.4) is 0 Å². The van der Waals surface area contributed by atoms with Gasteiger partial charge in [0.25, 0.3) is 5.91 Å². The average Bonchev–Trinajstić information content (AvgIpc) is 2.45. The Morgan fingerprint density at radius 2 is 1.61 bits per heavy atom. The first kappa shape index (κ1) is 17.4. The lowest BCUT2D eigenvalue weighted by Gasteiger charge is -2.14. The van der Waals surface area contributed by atoms with Crippen molar-refractivity contribution in [3.8, 4) is 5.75 Å². The molecule has 0 atom stereocenters. The normalized spacial score (nSPS) is 10.5. The highest BCUT2D eigenvalue weighted by Gasteiger charge is 2.11. The number of aryl methyl sites for hydroxylation is 4. The largest absolute Gasteiger partial charge is 0.483 e. The Balaban J connectivity index is 2.07. The molecular weight excluding hydrogens is 310 g/mol. The maximum absolute atomic E-state index is 12.2. The van der Waals surface area contributed by atoms with Gasteiger partial charge in [0, 0.05) is 0 Å². The molecule has 0 aliphatic rings. The molecule has 0 radical (unpaired) electrons. The quantitative estimate of drug-likeness (QED) is 0.865. The first-order valence-electron chi connectivity index (χ1n) is 7.55. The molecule has 1 N–H and O–H groups in total. The third kappa shape index (κ3) is 4.26. The summed E-state index contributed by atoms with van der Waals surface area (Å²) in [4.78, 5) is 12.2. The Bertz CT molecular complexity index is 730. The van der Waals surface area contributed by atoms with Crippen LogP contribution in [0.15, 0.2) is 24.3 Å². The molecule has 0 spiro atoms. The monoisotopic (exact) mass is 331 g/mol. The molecule has 122 valence electrons. The number of nitrogens with one attached hydrogen (secondary N) is 1. The molecule has 0 aliphatic carbocycles. The van der Waals surface area contributed by atoms with Crippen molar-refractivity contribution in [3.63, 3.8) is 0 Å². The van der Waals surface area contributed by atoms with E-state index in [1.165, 1.54) is 0 Å². The van der Waals surface area contributed by atoms with Crippen molar-refractivity contribution in [3.05, 3.63) is 57.1 Å². The molecule has 1 amide bonds. The Morgan fingerprint density at radius 1 is 1.00 bits per heavy atom. The third-order valence-corrected chi connectivity index (χ3v) is 4.12. The Morgan fingerprint density at radius 3 is 2.26 bits per heavy atom. The molecular formula is C19H22ClNO2. The lowest BCUT2D eigenvalue weighted by atomic mass is 10.1. The molecule has 23 heavy (non-hydrogen) atoms. The molecule has 2 rings (SSSR count). The van der Waals surface area contributed by atoms with Gasteiger partial charge >= 0.3 is 0 Å².